The third kappa shape index (κ3) is 43.3. The highest BCUT2D eigenvalue weighted by Crippen LogP contribution is 2.26. The number of esters is 1. The lowest BCUT2D eigenvalue weighted by Gasteiger charge is -2.41. The molecule has 0 aliphatic carbocycles. The molecule has 0 aromatic carbocycles. The number of carbonyl (C=O) groups excluding carboxylic acids is 2. The fourth-order valence-corrected chi connectivity index (χ4v) is 9.53. The highest BCUT2D eigenvalue weighted by Gasteiger charge is 2.47. The summed E-state index contributed by atoms with van der Waals surface area (Å²) in [6, 6.07) is -1.04. The van der Waals surface area contributed by atoms with Crippen LogP contribution in [0.1, 0.15) is 265 Å². The summed E-state index contributed by atoms with van der Waals surface area (Å²) in [5.41, 5.74) is 0. The largest absolute Gasteiger partial charge is 0.454 e. The van der Waals surface area contributed by atoms with Crippen LogP contribution in [0.3, 0.4) is 0 Å². The maximum atomic E-state index is 13.4. The van der Waals surface area contributed by atoms with Gasteiger partial charge >= 0.3 is 5.97 Å². The second-order valence-corrected chi connectivity index (χ2v) is 22.1. The number of aliphatic hydroxyl groups is 5. The lowest BCUT2D eigenvalue weighted by Crippen LogP contribution is -2.61. The van der Waals surface area contributed by atoms with E-state index in [-0.39, 0.29) is 19.4 Å². The first kappa shape index (κ1) is 74.6. The summed E-state index contributed by atoms with van der Waals surface area (Å²) in [5.74, 6) is -1.26. The zero-order chi connectivity index (χ0) is 58.2. The van der Waals surface area contributed by atoms with Gasteiger partial charge in [0.25, 0.3) is 0 Å². The van der Waals surface area contributed by atoms with E-state index in [0.717, 1.165) is 89.9 Å². The van der Waals surface area contributed by atoms with E-state index < -0.39 is 67.4 Å². The van der Waals surface area contributed by atoms with Gasteiger partial charge in [-0.2, -0.15) is 0 Å². The van der Waals surface area contributed by atoms with Crippen molar-refractivity contribution in [2.24, 2.45) is 0 Å². The van der Waals surface area contributed by atoms with Crippen molar-refractivity contribution in [1.82, 2.24) is 5.32 Å². The molecule has 8 atom stereocenters. The molecule has 1 fully saturated rings. The third-order valence-electron chi connectivity index (χ3n) is 14.7. The molecule has 6 N–H and O–H groups in total. The number of allylic oxidation sites excluding steroid dienone is 15. The molecule has 1 saturated heterocycles. The SMILES string of the molecule is CCCCC/C=C\C/C=C\C/C=C\C/C=C\CCCC(=O)OC1C(OCC(NC(=O)C(O)CCCCCCCCCCC/C=C\C/C=C\C/C=C\CCCCC)C(O)/C=C/CCCCCCCCCCCC)OC(CO)C(O)C1O. The monoisotopic (exact) mass is 1120 g/mol. The number of nitrogens with one attached hydrogen (secondary N) is 1. The van der Waals surface area contributed by atoms with E-state index in [0.29, 0.717) is 19.3 Å². The Morgan fingerprint density at radius 2 is 0.863 bits per heavy atom. The van der Waals surface area contributed by atoms with Crippen LogP contribution in [0.25, 0.3) is 0 Å². The molecule has 460 valence electrons. The van der Waals surface area contributed by atoms with Crippen LogP contribution in [-0.2, 0) is 23.8 Å². The van der Waals surface area contributed by atoms with E-state index in [2.05, 4.69) is 105 Å². The Bertz CT molecular complexity index is 1670. The van der Waals surface area contributed by atoms with Crippen LogP contribution in [0.2, 0.25) is 0 Å². The predicted octanol–water partition coefficient (Wildman–Crippen LogP) is 15.9. The van der Waals surface area contributed by atoms with E-state index >= 15 is 0 Å². The van der Waals surface area contributed by atoms with Crippen LogP contribution in [0.4, 0.5) is 0 Å². The molecule has 0 radical (unpaired) electrons. The van der Waals surface area contributed by atoms with Crippen molar-refractivity contribution in [3.63, 3.8) is 0 Å². The van der Waals surface area contributed by atoms with Gasteiger partial charge in [-0.25, -0.2) is 0 Å². The Kier molecular flexibility index (Phi) is 52.3. The van der Waals surface area contributed by atoms with Crippen LogP contribution in [0.15, 0.2) is 97.2 Å². The molecule has 0 aromatic heterocycles. The Morgan fingerprint density at radius 1 is 0.487 bits per heavy atom. The van der Waals surface area contributed by atoms with Gasteiger partial charge in [-0.3, -0.25) is 9.59 Å². The number of amides is 1. The number of hydrogen-bond donors (Lipinski definition) is 6. The summed E-state index contributed by atoms with van der Waals surface area (Å²) >= 11 is 0. The molecule has 0 bridgehead atoms. The maximum absolute atomic E-state index is 13.4. The molecule has 1 amide bonds. The van der Waals surface area contributed by atoms with Gasteiger partial charge in [0.05, 0.1) is 25.4 Å². The molecular weight excluding hydrogens is 1000 g/mol. The fourth-order valence-electron chi connectivity index (χ4n) is 9.53. The minimum Gasteiger partial charge on any atom is -0.454 e. The summed E-state index contributed by atoms with van der Waals surface area (Å²) < 4.78 is 17.6. The first-order valence-corrected chi connectivity index (χ1v) is 32.5. The molecule has 1 rings (SSSR count). The summed E-state index contributed by atoms with van der Waals surface area (Å²) in [4.78, 5) is 26.6. The third-order valence-corrected chi connectivity index (χ3v) is 14.7. The Labute approximate surface area is 488 Å². The van der Waals surface area contributed by atoms with Crippen molar-refractivity contribution in [3.05, 3.63) is 97.2 Å². The zero-order valence-electron chi connectivity index (χ0n) is 50.9. The van der Waals surface area contributed by atoms with Gasteiger partial charge in [-0.15, -0.1) is 0 Å². The average molecular weight is 1120 g/mol. The second kappa shape index (κ2) is 56.1. The van der Waals surface area contributed by atoms with Gasteiger partial charge < -0.3 is 45.1 Å². The summed E-state index contributed by atoms with van der Waals surface area (Å²) in [5, 5.41) is 57.0. The molecule has 0 spiro atoms. The molecule has 11 heteroatoms. The first-order valence-electron chi connectivity index (χ1n) is 32.5. The molecule has 80 heavy (non-hydrogen) atoms. The Hall–Kier alpha value is -3.42. The van der Waals surface area contributed by atoms with Crippen LogP contribution < -0.4 is 5.32 Å². The first-order chi connectivity index (χ1) is 39.2. The number of hydrogen-bond acceptors (Lipinski definition) is 10. The van der Waals surface area contributed by atoms with Crippen molar-refractivity contribution >= 4 is 11.9 Å². The van der Waals surface area contributed by atoms with E-state index in [1.165, 1.54) is 122 Å². The van der Waals surface area contributed by atoms with Gasteiger partial charge in [0, 0.05) is 6.42 Å². The predicted molar refractivity (Wildman–Crippen MR) is 333 cm³/mol. The Balaban J connectivity index is 2.68. The second-order valence-electron chi connectivity index (χ2n) is 22.1. The van der Waals surface area contributed by atoms with Crippen molar-refractivity contribution in [2.45, 2.75) is 314 Å². The molecule has 11 nitrogen and oxygen atoms in total. The minimum absolute atomic E-state index is 0.0434. The van der Waals surface area contributed by atoms with Crippen LogP contribution in [0.5, 0.6) is 0 Å². The van der Waals surface area contributed by atoms with Crippen LogP contribution in [-0.4, -0.2) is 99.6 Å². The topological polar surface area (TPSA) is 175 Å². The standard InChI is InChI=1S/C69H119NO10/c1-4-7-10-13-16-19-22-25-27-29-30-31-32-33-35-36-38-41-44-47-50-53-56-62(73)68(77)70-60(61(72)55-52-49-46-43-40-24-21-18-15-12-9-6-3)59-78-69-67(66(76)65(75)63(58-71)79-69)80-64(74)57-54-51-48-45-42-39-37-34-28-26-23-20-17-14-11-8-5-2/h16-17,19-20,25-28,30-31,37,39,45,48,52,55,60-63,65-67,69,71-73,75-76H,4-15,18,21-24,29,32-36,38,40-44,46-47,49-51,53-54,56-59H2,1-3H3,(H,70,77)/b19-16-,20-17-,27-25-,28-26-,31-30-,39-37-,48-45-,55-52+. The molecule has 8 unspecified atom stereocenters. The molecular formula is C69H119NO10. The molecule has 1 aliphatic heterocycles. The number of aliphatic hydroxyl groups excluding tert-OH is 5. The Morgan fingerprint density at radius 3 is 1.31 bits per heavy atom. The normalized spacial score (nSPS) is 19.4. The van der Waals surface area contributed by atoms with Gasteiger partial charge in [0.1, 0.15) is 24.4 Å². The number of rotatable bonds is 54. The van der Waals surface area contributed by atoms with Gasteiger partial charge in [-0.1, -0.05) is 253 Å². The average Bonchev–Trinajstić information content (AvgIpc) is 3.45. The summed E-state index contributed by atoms with van der Waals surface area (Å²) in [6.45, 7) is 5.70. The van der Waals surface area contributed by atoms with Crippen molar-refractivity contribution in [3.8, 4) is 0 Å². The minimum atomic E-state index is -1.64. The van der Waals surface area contributed by atoms with Gasteiger partial charge in [0.15, 0.2) is 12.4 Å². The molecule has 1 aliphatic rings. The highest BCUT2D eigenvalue weighted by atomic mass is 16.7. The van der Waals surface area contributed by atoms with E-state index in [4.69, 9.17) is 14.2 Å². The number of carbonyl (C=O) groups is 2. The maximum Gasteiger partial charge on any atom is 0.306 e. The quantitative estimate of drug-likeness (QED) is 0.0195. The van der Waals surface area contributed by atoms with Crippen LogP contribution >= 0.6 is 0 Å². The number of unbranched alkanes of at least 4 members (excludes halogenated alkanes) is 26. The summed E-state index contributed by atoms with van der Waals surface area (Å²) in [6.07, 6.45) is 64.4. The van der Waals surface area contributed by atoms with Gasteiger partial charge in [-0.05, 0) is 103 Å². The number of ether oxygens (including phenoxy) is 3. The lowest BCUT2D eigenvalue weighted by atomic mass is 9.99. The van der Waals surface area contributed by atoms with Crippen molar-refractivity contribution < 1.29 is 49.3 Å². The van der Waals surface area contributed by atoms with Crippen molar-refractivity contribution in [1.29, 1.82) is 0 Å². The lowest BCUT2D eigenvalue weighted by molar-refractivity contribution is -0.305. The molecule has 0 saturated carbocycles. The highest BCUT2D eigenvalue weighted by molar-refractivity contribution is 5.80. The molecule has 1 heterocycles. The van der Waals surface area contributed by atoms with Gasteiger partial charge in [0.2, 0.25) is 5.91 Å². The summed E-state index contributed by atoms with van der Waals surface area (Å²) in [7, 11) is 0. The van der Waals surface area contributed by atoms with E-state index in [1.807, 2.05) is 12.2 Å². The smallest absolute Gasteiger partial charge is 0.306 e. The molecule has 0 aromatic rings. The van der Waals surface area contributed by atoms with Crippen LogP contribution in [0, 0.1) is 0 Å². The van der Waals surface area contributed by atoms with E-state index in [1.54, 1.807) is 6.08 Å². The zero-order valence-corrected chi connectivity index (χ0v) is 50.9. The van der Waals surface area contributed by atoms with Crippen molar-refractivity contribution in [2.75, 3.05) is 13.2 Å². The van der Waals surface area contributed by atoms with E-state index in [9.17, 15) is 35.1 Å². The fraction of sp³-hybridized carbons (Fsp3) is 0.739.